The lowest BCUT2D eigenvalue weighted by molar-refractivity contribution is -0.128. The van der Waals surface area contributed by atoms with Gasteiger partial charge in [0.15, 0.2) is 0 Å². The van der Waals surface area contributed by atoms with Crippen molar-refractivity contribution in [1.82, 2.24) is 9.78 Å². The highest BCUT2D eigenvalue weighted by molar-refractivity contribution is 5.86. The van der Waals surface area contributed by atoms with Crippen LogP contribution in [0.3, 0.4) is 0 Å². The van der Waals surface area contributed by atoms with E-state index in [0.717, 1.165) is 43.6 Å². The second-order valence-corrected chi connectivity index (χ2v) is 6.98. The van der Waals surface area contributed by atoms with Gasteiger partial charge in [-0.15, -0.1) is 0 Å². The van der Waals surface area contributed by atoms with Gasteiger partial charge in [-0.3, -0.25) is 9.48 Å². The number of aryl methyl sites for hydroxylation is 2. The molecule has 2 rings (SSSR count). The molecule has 3 heteroatoms. The Labute approximate surface area is 129 Å². The van der Waals surface area contributed by atoms with Crippen LogP contribution in [0.5, 0.6) is 0 Å². The monoisotopic (exact) mass is 290 g/mol. The first-order chi connectivity index (χ1) is 10.0. The SMILES string of the molecule is CCc1cc(CC(=O)C2(CC(C)C)CCCC2)n(CC)n1. The molecule has 0 unspecified atom stereocenters. The molecule has 1 aliphatic rings. The molecule has 1 fully saturated rings. The Morgan fingerprint density at radius 3 is 2.52 bits per heavy atom. The van der Waals surface area contributed by atoms with Crippen molar-refractivity contribution in [3.05, 3.63) is 17.5 Å². The summed E-state index contributed by atoms with van der Waals surface area (Å²) in [6.45, 7) is 9.53. The third kappa shape index (κ3) is 3.56. The van der Waals surface area contributed by atoms with Gasteiger partial charge in [-0.2, -0.15) is 5.10 Å². The van der Waals surface area contributed by atoms with Crippen molar-refractivity contribution in [2.75, 3.05) is 0 Å². The predicted octanol–water partition coefficient (Wildman–Crippen LogP) is 4.18. The Balaban J connectivity index is 2.17. The van der Waals surface area contributed by atoms with Crippen LogP contribution in [0.4, 0.5) is 0 Å². The fraction of sp³-hybridized carbons (Fsp3) is 0.778. The molecule has 21 heavy (non-hydrogen) atoms. The molecule has 1 heterocycles. The maximum absolute atomic E-state index is 13.0. The normalized spacial score (nSPS) is 17.6. The molecule has 0 N–H and O–H groups in total. The fourth-order valence-corrected chi connectivity index (χ4v) is 3.89. The minimum Gasteiger partial charge on any atom is -0.299 e. The largest absolute Gasteiger partial charge is 0.299 e. The average molecular weight is 290 g/mol. The van der Waals surface area contributed by atoms with Gasteiger partial charge < -0.3 is 0 Å². The van der Waals surface area contributed by atoms with Crippen molar-refractivity contribution in [1.29, 1.82) is 0 Å². The van der Waals surface area contributed by atoms with Gasteiger partial charge in [-0.05, 0) is 44.6 Å². The topological polar surface area (TPSA) is 34.9 Å². The van der Waals surface area contributed by atoms with Gasteiger partial charge >= 0.3 is 0 Å². The second kappa shape index (κ2) is 6.76. The van der Waals surface area contributed by atoms with Crippen LogP contribution in [-0.4, -0.2) is 15.6 Å². The van der Waals surface area contributed by atoms with Crippen molar-refractivity contribution in [3.8, 4) is 0 Å². The Hall–Kier alpha value is -1.12. The van der Waals surface area contributed by atoms with Crippen molar-refractivity contribution < 1.29 is 4.79 Å². The molecule has 0 atom stereocenters. The molecule has 3 nitrogen and oxygen atoms in total. The number of aromatic nitrogens is 2. The van der Waals surface area contributed by atoms with Gasteiger partial charge in [0.25, 0.3) is 0 Å². The van der Waals surface area contributed by atoms with Crippen LogP contribution in [0.15, 0.2) is 6.07 Å². The average Bonchev–Trinajstić information content (AvgIpc) is 3.05. The first-order valence-electron chi connectivity index (χ1n) is 8.59. The van der Waals surface area contributed by atoms with Crippen LogP contribution in [0.1, 0.15) is 71.2 Å². The maximum atomic E-state index is 13.0. The minimum atomic E-state index is -0.0522. The van der Waals surface area contributed by atoms with Crippen LogP contribution in [0.2, 0.25) is 0 Å². The third-order valence-corrected chi connectivity index (χ3v) is 4.87. The molecular formula is C18H30N2O. The van der Waals surface area contributed by atoms with E-state index in [1.165, 1.54) is 12.8 Å². The standard InChI is InChI=1S/C18H30N2O/c1-5-15-11-16(20(6-2)19-15)12-17(21)18(13-14(3)4)9-7-8-10-18/h11,14H,5-10,12-13H2,1-4H3. The second-order valence-electron chi connectivity index (χ2n) is 6.98. The van der Waals surface area contributed by atoms with E-state index in [4.69, 9.17) is 0 Å². The van der Waals surface area contributed by atoms with E-state index in [1.54, 1.807) is 0 Å². The molecule has 0 bridgehead atoms. The summed E-state index contributed by atoms with van der Waals surface area (Å²) in [7, 11) is 0. The Morgan fingerprint density at radius 2 is 2.00 bits per heavy atom. The molecule has 0 radical (unpaired) electrons. The van der Waals surface area contributed by atoms with E-state index < -0.39 is 0 Å². The lowest BCUT2D eigenvalue weighted by Crippen LogP contribution is -2.31. The van der Waals surface area contributed by atoms with Crippen molar-refractivity contribution in [2.45, 2.75) is 79.2 Å². The minimum absolute atomic E-state index is 0.0522. The molecule has 1 saturated carbocycles. The molecule has 1 aromatic heterocycles. The Kier molecular flexibility index (Phi) is 5.23. The number of hydrogen-bond acceptors (Lipinski definition) is 2. The van der Waals surface area contributed by atoms with Crippen LogP contribution in [0.25, 0.3) is 0 Å². The van der Waals surface area contributed by atoms with Gasteiger partial charge in [0.05, 0.1) is 5.69 Å². The number of rotatable bonds is 7. The van der Waals surface area contributed by atoms with Gasteiger partial charge in [-0.1, -0.05) is 33.6 Å². The maximum Gasteiger partial charge on any atom is 0.144 e. The predicted molar refractivity (Wildman–Crippen MR) is 86.3 cm³/mol. The number of carbonyl (C=O) groups is 1. The first-order valence-corrected chi connectivity index (χ1v) is 8.59. The zero-order valence-electron chi connectivity index (χ0n) is 14.1. The van der Waals surface area contributed by atoms with Crippen LogP contribution in [-0.2, 0) is 24.2 Å². The Morgan fingerprint density at radius 1 is 1.33 bits per heavy atom. The zero-order chi connectivity index (χ0) is 15.5. The summed E-state index contributed by atoms with van der Waals surface area (Å²) in [6.07, 6.45) is 7.15. The summed E-state index contributed by atoms with van der Waals surface area (Å²) in [5, 5.41) is 4.57. The fourth-order valence-electron chi connectivity index (χ4n) is 3.89. The van der Waals surface area contributed by atoms with Crippen LogP contribution < -0.4 is 0 Å². The number of nitrogens with zero attached hydrogens (tertiary/aromatic N) is 2. The highest BCUT2D eigenvalue weighted by Gasteiger charge is 2.40. The molecule has 0 spiro atoms. The van der Waals surface area contributed by atoms with E-state index >= 15 is 0 Å². The van der Waals surface area contributed by atoms with Crippen molar-refractivity contribution in [2.24, 2.45) is 11.3 Å². The molecule has 0 aliphatic heterocycles. The highest BCUT2D eigenvalue weighted by atomic mass is 16.1. The molecule has 118 valence electrons. The lowest BCUT2D eigenvalue weighted by atomic mass is 9.74. The van der Waals surface area contributed by atoms with Crippen molar-refractivity contribution >= 4 is 5.78 Å². The Bertz CT molecular complexity index is 481. The summed E-state index contributed by atoms with van der Waals surface area (Å²) in [5.41, 5.74) is 2.15. The van der Waals surface area contributed by atoms with Gasteiger partial charge in [-0.25, -0.2) is 0 Å². The number of hydrogen-bond donors (Lipinski definition) is 0. The van der Waals surface area contributed by atoms with E-state index in [9.17, 15) is 4.79 Å². The molecule has 1 aliphatic carbocycles. The van der Waals surface area contributed by atoms with Gasteiger partial charge in [0, 0.05) is 24.1 Å². The quantitative estimate of drug-likeness (QED) is 0.755. The van der Waals surface area contributed by atoms with E-state index in [1.807, 2.05) is 4.68 Å². The van der Waals surface area contributed by atoms with E-state index in [-0.39, 0.29) is 5.41 Å². The van der Waals surface area contributed by atoms with Gasteiger partial charge in [0.2, 0.25) is 0 Å². The molecular weight excluding hydrogens is 260 g/mol. The summed E-state index contributed by atoms with van der Waals surface area (Å²) >= 11 is 0. The van der Waals surface area contributed by atoms with Gasteiger partial charge in [0.1, 0.15) is 5.78 Å². The summed E-state index contributed by atoms with van der Waals surface area (Å²) in [4.78, 5) is 13.0. The molecule has 0 aromatic carbocycles. The zero-order valence-corrected chi connectivity index (χ0v) is 14.1. The number of Topliss-reactive ketones (excluding diaryl/α,β-unsaturated/α-hetero) is 1. The number of ketones is 1. The van der Waals surface area contributed by atoms with E-state index in [2.05, 4.69) is 38.9 Å². The molecule has 0 amide bonds. The summed E-state index contributed by atoms with van der Waals surface area (Å²) < 4.78 is 2.01. The van der Waals surface area contributed by atoms with Crippen molar-refractivity contribution in [3.63, 3.8) is 0 Å². The van der Waals surface area contributed by atoms with Crippen LogP contribution >= 0.6 is 0 Å². The van der Waals surface area contributed by atoms with Crippen LogP contribution in [0, 0.1) is 11.3 Å². The summed E-state index contributed by atoms with van der Waals surface area (Å²) in [5.74, 6) is 1.04. The number of carbonyl (C=O) groups excluding carboxylic acids is 1. The van der Waals surface area contributed by atoms with E-state index in [0.29, 0.717) is 18.1 Å². The third-order valence-electron chi connectivity index (χ3n) is 4.87. The summed E-state index contributed by atoms with van der Waals surface area (Å²) in [6, 6.07) is 2.12. The molecule has 1 aromatic rings. The smallest absolute Gasteiger partial charge is 0.144 e. The molecule has 0 saturated heterocycles. The highest BCUT2D eigenvalue weighted by Crippen LogP contribution is 2.44. The lowest BCUT2D eigenvalue weighted by Gasteiger charge is -2.29. The first kappa shape index (κ1) is 16.3.